The molecule has 1 amide bonds. The van der Waals surface area contributed by atoms with Crippen molar-refractivity contribution >= 4 is 21.6 Å². The van der Waals surface area contributed by atoms with Gasteiger partial charge in [0.05, 0.1) is 30.3 Å². The topological polar surface area (TPSA) is 94.2 Å². The molecule has 2 aromatic carbocycles. The van der Waals surface area contributed by atoms with Crippen LogP contribution in [-0.4, -0.2) is 64.8 Å². The van der Waals surface area contributed by atoms with Crippen molar-refractivity contribution < 1.29 is 27.4 Å². The van der Waals surface area contributed by atoms with Crippen LogP contribution in [0.3, 0.4) is 0 Å². The maximum Gasteiger partial charge on any atom is 0.259 e. The molecule has 1 heterocycles. The molecule has 8 nitrogen and oxygen atoms in total. The minimum absolute atomic E-state index is 0.182. The lowest BCUT2D eigenvalue weighted by Gasteiger charge is -2.26. The summed E-state index contributed by atoms with van der Waals surface area (Å²) in [6.07, 6.45) is 0. The average Bonchev–Trinajstić information content (AvgIpc) is 2.78. The Morgan fingerprint density at radius 1 is 1.07 bits per heavy atom. The number of nitrogens with one attached hydrogen (secondary N) is 1. The first kappa shape index (κ1) is 22.2. The molecule has 162 valence electrons. The Kier molecular flexibility index (Phi) is 7.81. The van der Waals surface area contributed by atoms with Gasteiger partial charge < -0.3 is 19.5 Å². The van der Waals surface area contributed by atoms with Gasteiger partial charge in [-0.3, -0.25) is 4.79 Å². The monoisotopic (exact) mass is 434 g/mol. The highest BCUT2D eigenvalue weighted by Crippen LogP contribution is 2.22. The molecular weight excluding hydrogens is 408 g/mol. The summed E-state index contributed by atoms with van der Waals surface area (Å²) < 4.78 is 42.9. The molecule has 3 rings (SSSR count). The Hall–Kier alpha value is -2.46. The number of para-hydroxylation sites is 1. The number of morpholine rings is 1. The molecule has 0 atom stereocenters. The van der Waals surface area contributed by atoms with Crippen molar-refractivity contribution in [2.45, 2.75) is 11.8 Å². The fourth-order valence-corrected chi connectivity index (χ4v) is 4.39. The molecule has 0 spiro atoms. The second-order valence-electron chi connectivity index (χ2n) is 6.54. The maximum atomic E-state index is 12.7. The van der Waals surface area contributed by atoms with E-state index in [1.54, 1.807) is 36.4 Å². The predicted octanol–water partition coefficient (Wildman–Crippen LogP) is 2.38. The number of hydrogen-bond acceptors (Lipinski definition) is 6. The quantitative estimate of drug-likeness (QED) is 0.609. The van der Waals surface area contributed by atoms with Gasteiger partial charge in [0, 0.05) is 25.4 Å². The van der Waals surface area contributed by atoms with E-state index in [-0.39, 0.29) is 10.8 Å². The number of anilines is 1. The Labute approximate surface area is 176 Å². The number of sulfonamides is 1. The van der Waals surface area contributed by atoms with E-state index in [9.17, 15) is 13.2 Å². The number of rotatable bonds is 9. The van der Waals surface area contributed by atoms with Crippen LogP contribution in [-0.2, 0) is 19.5 Å². The van der Waals surface area contributed by atoms with Crippen LogP contribution in [0.4, 0.5) is 5.69 Å². The number of hydrogen-bond donors (Lipinski definition) is 1. The third-order valence-electron chi connectivity index (χ3n) is 4.54. The van der Waals surface area contributed by atoms with E-state index in [1.807, 2.05) is 6.92 Å². The second kappa shape index (κ2) is 10.5. The van der Waals surface area contributed by atoms with E-state index in [4.69, 9.17) is 14.2 Å². The number of nitrogens with zero attached hydrogens (tertiary/aromatic N) is 1. The van der Waals surface area contributed by atoms with Crippen molar-refractivity contribution in [3.05, 3.63) is 54.1 Å². The van der Waals surface area contributed by atoms with Crippen molar-refractivity contribution in [1.82, 2.24) is 4.31 Å². The lowest BCUT2D eigenvalue weighted by molar-refractivity contribution is 0.0730. The smallest absolute Gasteiger partial charge is 0.259 e. The number of carbonyl (C=O) groups excluding carboxylic acids is 1. The first-order chi connectivity index (χ1) is 14.5. The fourth-order valence-electron chi connectivity index (χ4n) is 2.98. The van der Waals surface area contributed by atoms with Gasteiger partial charge in [-0.15, -0.1) is 0 Å². The van der Waals surface area contributed by atoms with Gasteiger partial charge in [0.15, 0.2) is 0 Å². The molecule has 1 saturated heterocycles. The second-order valence-corrected chi connectivity index (χ2v) is 8.47. The zero-order chi connectivity index (χ0) is 21.4. The number of benzene rings is 2. The van der Waals surface area contributed by atoms with Crippen molar-refractivity contribution in [2.75, 3.05) is 51.4 Å². The van der Waals surface area contributed by atoms with Crippen LogP contribution in [0.2, 0.25) is 0 Å². The average molecular weight is 435 g/mol. The molecule has 0 radical (unpaired) electrons. The Morgan fingerprint density at radius 3 is 2.47 bits per heavy atom. The SMILES string of the molecule is CCOCCOc1ccccc1C(=O)Nc1ccc(S(=O)(=O)N2CCOCC2)cc1. The Bertz CT molecular complexity index is 940. The van der Waals surface area contributed by atoms with Gasteiger partial charge >= 0.3 is 0 Å². The van der Waals surface area contributed by atoms with E-state index in [0.29, 0.717) is 63.1 Å². The first-order valence-electron chi connectivity index (χ1n) is 9.81. The van der Waals surface area contributed by atoms with Crippen LogP contribution < -0.4 is 10.1 Å². The summed E-state index contributed by atoms with van der Waals surface area (Å²) in [5.41, 5.74) is 0.879. The normalized spacial score (nSPS) is 15.0. The highest BCUT2D eigenvalue weighted by Gasteiger charge is 2.26. The van der Waals surface area contributed by atoms with Gasteiger partial charge in [-0.05, 0) is 43.3 Å². The van der Waals surface area contributed by atoms with E-state index >= 15 is 0 Å². The van der Waals surface area contributed by atoms with Gasteiger partial charge in [0.1, 0.15) is 12.4 Å². The van der Waals surface area contributed by atoms with Gasteiger partial charge in [0.2, 0.25) is 10.0 Å². The van der Waals surface area contributed by atoms with Crippen LogP contribution in [0.15, 0.2) is 53.4 Å². The first-order valence-corrected chi connectivity index (χ1v) is 11.2. The molecule has 9 heteroatoms. The summed E-state index contributed by atoms with van der Waals surface area (Å²) in [5, 5.41) is 2.78. The molecule has 1 aliphatic heterocycles. The van der Waals surface area contributed by atoms with E-state index < -0.39 is 10.0 Å². The molecule has 30 heavy (non-hydrogen) atoms. The van der Waals surface area contributed by atoms with E-state index in [1.165, 1.54) is 16.4 Å². The number of amides is 1. The highest BCUT2D eigenvalue weighted by molar-refractivity contribution is 7.89. The minimum atomic E-state index is -3.57. The molecule has 0 aromatic heterocycles. The molecule has 0 aliphatic carbocycles. The van der Waals surface area contributed by atoms with Gasteiger partial charge in [-0.2, -0.15) is 4.31 Å². The maximum absolute atomic E-state index is 12.7. The predicted molar refractivity (Wildman–Crippen MR) is 112 cm³/mol. The molecular formula is C21H26N2O6S. The number of carbonyl (C=O) groups is 1. The molecule has 0 unspecified atom stereocenters. The molecule has 0 bridgehead atoms. The van der Waals surface area contributed by atoms with E-state index in [2.05, 4.69) is 5.32 Å². The van der Waals surface area contributed by atoms with Gasteiger partial charge in [0.25, 0.3) is 5.91 Å². The Morgan fingerprint density at radius 2 is 1.77 bits per heavy atom. The minimum Gasteiger partial charge on any atom is -0.490 e. The largest absolute Gasteiger partial charge is 0.490 e. The summed E-state index contributed by atoms with van der Waals surface area (Å²) in [6.45, 7) is 4.72. The van der Waals surface area contributed by atoms with Crippen LogP contribution >= 0.6 is 0 Å². The zero-order valence-corrected chi connectivity index (χ0v) is 17.7. The van der Waals surface area contributed by atoms with Crippen molar-refractivity contribution in [2.24, 2.45) is 0 Å². The summed E-state index contributed by atoms with van der Waals surface area (Å²) in [6, 6.07) is 13.1. The molecule has 1 N–H and O–H groups in total. The van der Waals surface area contributed by atoms with Gasteiger partial charge in [-0.1, -0.05) is 12.1 Å². The summed E-state index contributed by atoms with van der Waals surface area (Å²) in [7, 11) is -3.57. The molecule has 2 aromatic rings. The Balaban J connectivity index is 1.66. The summed E-state index contributed by atoms with van der Waals surface area (Å²) in [5.74, 6) is 0.118. The van der Waals surface area contributed by atoms with Crippen molar-refractivity contribution in [1.29, 1.82) is 0 Å². The highest BCUT2D eigenvalue weighted by atomic mass is 32.2. The van der Waals surface area contributed by atoms with Crippen LogP contribution in [0.5, 0.6) is 5.75 Å². The van der Waals surface area contributed by atoms with Crippen molar-refractivity contribution in [3.8, 4) is 5.75 Å². The van der Waals surface area contributed by atoms with E-state index in [0.717, 1.165) is 0 Å². The lowest BCUT2D eigenvalue weighted by Crippen LogP contribution is -2.40. The molecule has 1 aliphatic rings. The zero-order valence-electron chi connectivity index (χ0n) is 16.9. The molecule has 0 saturated carbocycles. The van der Waals surface area contributed by atoms with Crippen LogP contribution in [0, 0.1) is 0 Å². The van der Waals surface area contributed by atoms with Crippen molar-refractivity contribution in [3.63, 3.8) is 0 Å². The number of ether oxygens (including phenoxy) is 3. The van der Waals surface area contributed by atoms with Crippen LogP contribution in [0.1, 0.15) is 17.3 Å². The fraction of sp³-hybridized carbons (Fsp3) is 0.381. The van der Waals surface area contributed by atoms with Gasteiger partial charge in [-0.25, -0.2) is 8.42 Å². The van der Waals surface area contributed by atoms with Crippen LogP contribution in [0.25, 0.3) is 0 Å². The molecule has 1 fully saturated rings. The standard InChI is InChI=1S/C21H26N2O6S/c1-2-27-15-16-29-20-6-4-3-5-19(20)21(24)22-17-7-9-18(10-8-17)30(25,26)23-11-13-28-14-12-23/h3-10H,2,11-16H2,1H3,(H,22,24). The lowest BCUT2D eigenvalue weighted by atomic mass is 10.2. The summed E-state index contributed by atoms with van der Waals surface area (Å²) >= 11 is 0. The summed E-state index contributed by atoms with van der Waals surface area (Å²) in [4.78, 5) is 12.9. The third kappa shape index (κ3) is 5.57. The third-order valence-corrected chi connectivity index (χ3v) is 6.45.